The van der Waals surface area contributed by atoms with Gasteiger partial charge in [-0.15, -0.1) is 0 Å². The molecule has 3 rings (SSSR count). The van der Waals surface area contributed by atoms with E-state index in [1.807, 2.05) is 19.9 Å². The molecule has 0 atom stereocenters. The fourth-order valence-electron chi connectivity index (χ4n) is 2.61. The van der Waals surface area contributed by atoms with E-state index in [1.54, 1.807) is 6.92 Å². The molecule has 1 aliphatic rings. The molecule has 10 heteroatoms. The Bertz CT molecular complexity index is 932. The van der Waals surface area contributed by atoms with Crippen molar-refractivity contribution in [1.29, 1.82) is 5.26 Å². The van der Waals surface area contributed by atoms with Crippen LogP contribution in [0.25, 0.3) is 11.7 Å². The van der Waals surface area contributed by atoms with Gasteiger partial charge in [-0.2, -0.15) is 14.6 Å². The van der Waals surface area contributed by atoms with Crippen LogP contribution in [0.1, 0.15) is 25.3 Å². The summed E-state index contributed by atoms with van der Waals surface area (Å²) in [6.45, 7) is 6.67. The smallest absolute Gasteiger partial charge is 0.266 e. The van der Waals surface area contributed by atoms with Crippen LogP contribution >= 0.6 is 0 Å². The third kappa shape index (κ3) is 3.46. The monoisotopic (exact) mass is 380 g/mol. The largest absolute Gasteiger partial charge is 0.455 e. The van der Waals surface area contributed by atoms with Crippen LogP contribution in [-0.2, 0) is 14.8 Å². The lowest BCUT2D eigenvalue weighted by molar-refractivity contribution is 0.0730. The molecule has 0 amide bonds. The average molecular weight is 380 g/mol. The highest BCUT2D eigenvalue weighted by molar-refractivity contribution is 7.89. The molecular weight excluding hydrogens is 360 g/mol. The van der Waals surface area contributed by atoms with E-state index in [0.717, 1.165) is 0 Å². The molecule has 0 spiro atoms. The lowest BCUT2D eigenvalue weighted by Crippen LogP contribution is -2.40. The third-order valence-electron chi connectivity index (χ3n) is 3.82. The van der Waals surface area contributed by atoms with Crippen molar-refractivity contribution in [3.63, 3.8) is 0 Å². The quantitative estimate of drug-likeness (QED) is 0.835. The van der Waals surface area contributed by atoms with Crippen molar-refractivity contribution in [1.82, 2.24) is 9.29 Å². The van der Waals surface area contributed by atoms with Crippen LogP contribution in [0.3, 0.4) is 0 Å². The summed E-state index contributed by atoms with van der Waals surface area (Å²) in [7, 11) is -3.70. The van der Waals surface area contributed by atoms with Crippen LogP contribution in [0.5, 0.6) is 0 Å². The maximum Gasteiger partial charge on any atom is 0.266 e. The van der Waals surface area contributed by atoms with E-state index in [9.17, 15) is 13.7 Å². The van der Waals surface area contributed by atoms with E-state index < -0.39 is 10.0 Å². The minimum atomic E-state index is -3.70. The van der Waals surface area contributed by atoms with Gasteiger partial charge >= 0.3 is 0 Å². The summed E-state index contributed by atoms with van der Waals surface area (Å²) in [4.78, 5) is 4.15. The summed E-state index contributed by atoms with van der Waals surface area (Å²) in [5.41, 5.74) is 0.0836. The van der Waals surface area contributed by atoms with Gasteiger partial charge < -0.3 is 18.9 Å². The Morgan fingerprint density at radius 2 is 2.00 bits per heavy atom. The Labute approximate surface area is 151 Å². The highest BCUT2D eigenvalue weighted by atomic mass is 32.2. The molecule has 0 aromatic carbocycles. The highest BCUT2D eigenvalue weighted by Gasteiger charge is 2.31. The van der Waals surface area contributed by atoms with E-state index in [2.05, 4.69) is 10.3 Å². The summed E-state index contributed by atoms with van der Waals surface area (Å²) in [6, 6.07) is 3.37. The molecule has 1 fully saturated rings. The first kappa shape index (κ1) is 18.4. The van der Waals surface area contributed by atoms with Gasteiger partial charge in [-0.1, -0.05) is 0 Å². The zero-order valence-electron chi connectivity index (χ0n) is 14.8. The van der Waals surface area contributed by atoms with E-state index in [-0.39, 0.29) is 39.9 Å². The maximum atomic E-state index is 12.8. The van der Waals surface area contributed by atoms with Gasteiger partial charge in [0, 0.05) is 25.2 Å². The lowest BCUT2D eigenvalue weighted by atomic mass is 10.4. The maximum absolute atomic E-state index is 12.8. The van der Waals surface area contributed by atoms with Gasteiger partial charge in [0.2, 0.25) is 21.6 Å². The van der Waals surface area contributed by atoms with Crippen molar-refractivity contribution in [3.8, 4) is 17.7 Å². The number of hydrogen-bond donors (Lipinski definition) is 1. The highest BCUT2D eigenvalue weighted by Crippen LogP contribution is 2.32. The summed E-state index contributed by atoms with van der Waals surface area (Å²) in [6.07, 6.45) is 0. The minimum absolute atomic E-state index is 0.0403. The van der Waals surface area contributed by atoms with Crippen LogP contribution in [0, 0.1) is 18.3 Å². The summed E-state index contributed by atoms with van der Waals surface area (Å²) >= 11 is 0. The molecule has 1 N–H and O–H groups in total. The number of ether oxygens (including phenoxy) is 1. The zero-order chi connectivity index (χ0) is 18.9. The first-order valence-corrected chi connectivity index (χ1v) is 9.63. The normalized spacial score (nSPS) is 16.0. The van der Waals surface area contributed by atoms with Crippen LogP contribution < -0.4 is 5.32 Å². The fourth-order valence-corrected chi connectivity index (χ4v) is 4.18. The van der Waals surface area contributed by atoms with Crippen LogP contribution in [0.4, 0.5) is 5.88 Å². The second-order valence-corrected chi connectivity index (χ2v) is 8.06. The summed E-state index contributed by atoms with van der Waals surface area (Å²) in [5, 5.41) is 12.2. The number of aryl methyl sites for hydroxylation is 1. The van der Waals surface area contributed by atoms with Crippen molar-refractivity contribution < 1.29 is 22.0 Å². The molecule has 0 saturated carbocycles. The number of oxazole rings is 1. The Morgan fingerprint density at radius 1 is 1.31 bits per heavy atom. The number of anilines is 1. The lowest BCUT2D eigenvalue weighted by Gasteiger charge is -2.25. The fraction of sp³-hybridized carbons (Fsp3) is 0.500. The number of nitrogens with one attached hydrogen (secondary N) is 1. The number of morpholine rings is 1. The number of nitrogens with zero attached hydrogens (tertiary/aromatic N) is 3. The van der Waals surface area contributed by atoms with Crippen LogP contribution in [-0.4, -0.2) is 50.1 Å². The van der Waals surface area contributed by atoms with Gasteiger partial charge in [0.05, 0.1) is 13.2 Å². The van der Waals surface area contributed by atoms with Gasteiger partial charge in [-0.3, -0.25) is 0 Å². The number of sulfonamides is 1. The molecule has 140 valence electrons. The molecule has 2 aromatic rings. The van der Waals surface area contributed by atoms with Crippen LogP contribution in [0.2, 0.25) is 0 Å². The van der Waals surface area contributed by atoms with Crippen molar-refractivity contribution in [3.05, 3.63) is 17.5 Å². The van der Waals surface area contributed by atoms with Gasteiger partial charge in [-0.25, -0.2) is 8.42 Å². The van der Waals surface area contributed by atoms with Crippen molar-refractivity contribution in [2.75, 3.05) is 31.6 Å². The predicted octanol–water partition coefficient (Wildman–Crippen LogP) is 1.96. The third-order valence-corrected chi connectivity index (χ3v) is 5.83. The molecule has 2 aromatic heterocycles. The summed E-state index contributed by atoms with van der Waals surface area (Å²) in [5.74, 6) is 0.671. The standard InChI is InChI=1S/C16H20N4O5S/c1-10(2)18-15-12(9-17)19-16(25-15)13-8-14(11(3)24-13)26(21,22)20-4-6-23-7-5-20/h8,10,18H,4-7H2,1-3H3. The van der Waals surface area contributed by atoms with Crippen molar-refractivity contribution in [2.24, 2.45) is 0 Å². The van der Waals surface area contributed by atoms with Crippen LogP contribution in [0.15, 0.2) is 19.8 Å². The van der Waals surface area contributed by atoms with E-state index in [1.165, 1.54) is 10.4 Å². The van der Waals surface area contributed by atoms with Crippen molar-refractivity contribution >= 4 is 15.9 Å². The molecular formula is C16H20N4O5S. The molecule has 0 aliphatic carbocycles. The minimum Gasteiger partial charge on any atom is -0.455 e. The second-order valence-electron chi connectivity index (χ2n) is 6.16. The number of rotatable bonds is 5. The number of nitriles is 1. The van der Waals surface area contributed by atoms with Gasteiger partial charge in [0.15, 0.2) is 5.76 Å². The SMILES string of the molecule is Cc1oc(-c2nc(C#N)c(NC(C)C)o2)cc1S(=O)(=O)N1CCOCC1. The van der Waals surface area contributed by atoms with Gasteiger partial charge in [0.25, 0.3) is 5.89 Å². The zero-order valence-corrected chi connectivity index (χ0v) is 15.6. The second kappa shape index (κ2) is 7.11. The molecule has 26 heavy (non-hydrogen) atoms. The average Bonchev–Trinajstić information content (AvgIpc) is 3.18. The van der Waals surface area contributed by atoms with Gasteiger partial charge in [-0.05, 0) is 20.8 Å². The number of aromatic nitrogens is 1. The molecule has 9 nitrogen and oxygen atoms in total. The Morgan fingerprint density at radius 3 is 2.62 bits per heavy atom. The van der Waals surface area contributed by atoms with E-state index in [0.29, 0.717) is 26.3 Å². The summed E-state index contributed by atoms with van der Waals surface area (Å²) < 4.78 is 43.3. The van der Waals surface area contributed by atoms with E-state index in [4.69, 9.17) is 13.6 Å². The molecule has 1 saturated heterocycles. The Hall–Kier alpha value is -2.35. The first-order chi connectivity index (χ1) is 12.3. The first-order valence-electron chi connectivity index (χ1n) is 8.19. The topological polar surface area (TPSA) is 122 Å². The Kier molecular flexibility index (Phi) is 5.04. The molecule has 3 heterocycles. The number of hydrogen-bond acceptors (Lipinski definition) is 8. The Balaban J connectivity index is 1.96. The molecule has 0 radical (unpaired) electrons. The van der Waals surface area contributed by atoms with Crippen molar-refractivity contribution in [2.45, 2.75) is 31.7 Å². The van der Waals surface area contributed by atoms with Gasteiger partial charge in [0.1, 0.15) is 16.7 Å². The molecule has 0 bridgehead atoms. The molecule has 0 unspecified atom stereocenters. The number of furan rings is 1. The predicted molar refractivity (Wildman–Crippen MR) is 92.0 cm³/mol. The molecule has 1 aliphatic heterocycles. The van der Waals surface area contributed by atoms with E-state index >= 15 is 0 Å².